The van der Waals surface area contributed by atoms with Crippen LogP contribution in [0.5, 0.6) is 11.5 Å². The van der Waals surface area contributed by atoms with Crippen LogP contribution in [0.2, 0.25) is 0 Å². The lowest BCUT2D eigenvalue weighted by Gasteiger charge is -2.29. The van der Waals surface area contributed by atoms with Gasteiger partial charge in [0.25, 0.3) is 0 Å². The lowest BCUT2D eigenvalue weighted by atomic mass is 10.0. The molecule has 2 aromatic carbocycles. The predicted octanol–water partition coefficient (Wildman–Crippen LogP) is 3.48. The summed E-state index contributed by atoms with van der Waals surface area (Å²) in [6.07, 6.45) is 4.78. The van der Waals surface area contributed by atoms with Crippen LogP contribution in [-0.2, 0) is 11.2 Å². The molecule has 4 rings (SSSR count). The van der Waals surface area contributed by atoms with Gasteiger partial charge in [0.05, 0.1) is 6.04 Å². The number of aliphatic hydroxyl groups excluding tert-OH is 1. The number of hydrogen-bond acceptors (Lipinski definition) is 5. The number of carbonyl (C=O) groups excluding carboxylic acids is 1. The van der Waals surface area contributed by atoms with E-state index in [1.807, 2.05) is 36.4 Å². The Morgan fingerprint density at radius 3 is 2.53 bits per heavy atom. The molecule has 1 saturated heterocycles. The number of aliphatic hydroxyl groups is 1. The van der Waals surface area contributed by atoms with E-state index in [1.165, 1.54) is 18.4 Å². The SMILES string of the molecule is O=C(CCCCc1ccccc1)NC(CN1CCCC1)C(O)c1ccc2c(c1)OCCO2. The summed E-state index contributed by atoms with van der Waals surface area (Å²) in [7, 11) is 0. The van der Waals surface area contributed by atoms with E-state index in [1.54, 1.807) is 0 Å². The van der Waals surface area contributed by atoms with Crippen molar-refractivity contribution >= 4 is 5.91 Å². The van der Waals surface area contributed by atoms with Gasteiger partial charge in [-0.1, -0.05) is 36.4 Å². The highest BCUT2D eigenvalue weighted by Gasteiger charge is 2.27. The minimum Gasteiger partial charge on any atom is -0.486 e. The van der Waals surface area contributed by atoms with Crippen molar-refractivity contribution in [3.05, 3.63) is 59.7 Å². The number of hydrogen-bond donors (Lipinski definition) is 2. The first kappa shape index (κ1) is 22.6. The van der Waals surface area contributed by atoms with Gasteiger partial charge in [0.2, 0.25) is 5.91 Å². The zero-order chi connectivity index (χ0) is 22.2. The summed E-state index contributed by atoms with van der Waals surface area (Å²) >= 11 is 0. The summed E-state index contributed by atoms with van der Waals surface area (Å²) in [6, 6.07) is 15.5. The molecule has 2 aliphatic heterocycles. The maximum absolute atomic E-state index is 12.7. The molecule has 0 saturated carbocycles. The van der Waals surface area contributed by atoms with Gasteiger partial charge in [-0.3, -0.25) is 4.79 Å². The molecule has 2 aromatic rings. The molecule has 2 heterocycles. The Morgan fingerprint density at radius 1 is 1.00 bits per heavy atom. The fourth-order valence-corrected chi connectivity index (χ4v) is 4.48. The average Bonchev–Trinajstić information content (AvgIpc) is 3.34. The average molecular weight is 439 g/mol. The number of aryl methyl sites for hydroxylation is 1. The maximum Gasteiger partial charge on any atom is 0.220 e. The highest BCUT2D eigenvalue weighted by molar-refractivity contribution is 5.76. The first-order chi connectivity index (χ1) is 15.7. The molecule has 172 valence electrons. The number of nitrogens with one attached hydrogen (secondary N) is 1. The van der Waals surface area contributed by atoms with Gasteiger partial charge in [-0.15, -0.1) is 0 Å². The van der Waals surface area contributed by atoms with Crippen molar-refractivity contribution in [1.29, 1.82) is 0 Å². The Morgan fingerprint density at radius 2 is 1.75 bits per heavy atom. The summed E-state index contributed by atoms with van der Waals surface area (Å²) in [5.74, 6) is 1.35. The molecular weight excluding hydrogens is 404 g/mol. The van der Waals surface area contributed by atoms with Crippen LogP contribution < -0.4 is 14.8 Å². The molecule has 1 amide bonds. The minimum atomic E-state index is -0.806. The van der Waals surface area contributed by atoms with Crippen molar-refractivity contribution in [2.24, 2.45) is 0 Å². The van der Waals surface area contributed by atoms with E-state index in [0.717, 1.165) is 37.9 Å². The summed E-state index contributed by atoms with van der Waals surface area (Å²) in [4.78, 5) is 15.0. The molecular formula is C26H34N2O4. The smallest absolute Gasteiger partial charge is 0.220 e. The Kier molecular flexibility index (Phi) is 8.02. The van der Waals surface area contributed by atoms with Crippen LogP contribution in [0.1, 0.15) is 49.3 Å². The molecule has 0 radical (unpaired) electrons. The van der Waals surface area contributed by atoms with Gasteiger partial charge >= 0.3 is 0 Å². The van der Waals surface area contributed by atoms with Crippen LogP contribution in [0.15, 0.2) is 48.5 Å². The number of ether oxygens (including phenoxy) is 2. The molecule has 0 aliphatic carbocycles. The Hall–Kier alpha value is -2.57. The van der Waals surface area contributed by atoms with Gasteiger partial charge in [0.1, 0.15) is 19.3 Å². The number of likely N-dealkylation sites (tertiary alicyclic amines) is 1. The largest absolute Gasteiger partial charge is 0.486 e. The van der Waals surface area contributed by atoms with Gasteiger partial charge in [-0.05, 0) is 68.5 Å². The first-order valence-electron chi connectivity index (χ1n) is 11.8. The summed E-state index contributed by atoms with van der Waals surface area (Å²) in [5.41, 5.74) is 2.04. The monoisotopic (exact) mass is 438 g/mol. The van der Waals surface area contributed by atoms with Crippen molar-refractivity contribution in [2.75, 3.05) is 32.8 Å². The van der Waals surface area contributed by atoms with E-state index in [9.17, 15) is 9.90 Å². The standard InChI is InChI=1S/C26H34N2O4/c29-25(11-5-4-10-20-8-2-1-3-9-20)27-22(19-28-14-6-7-15-28)26(30)21-12-13-23-24(18-21)32-17-16-31-23/h1-3,8-9,12-13,18,22,26,30H,4-7,10-11,14-17,19H2,(H,27,29). The molecule has 0 spiro atoms. The van der Waals surface area contributed by atoms with Crippen molar-refractivity contribution in [3.8, 4) is 11.5 Å². The number of unbranched alkanes of at least 4 members (excludes halogenated alkanes) is 1. The van der Waals surface area contributed by atoms with Gasteiger partial charge in [-0.25, -0.2) is 0 Å². The van der Waals surface area contributed by atoms with Crippen LogP contribution >= 0.6 is 0 Å². The Balaban J connectivity index is 1.34. The lowest BCUT2D eigenvalue weighted by Crippen LogP contribution is -2.46. The van der Waals surface area contributed by atoms with Crippen LogP contribution in [0.3, 0.4) is 0 Å². The molecule has 2 N–H and O–H groups in total. The molecule has 2 aliphatic rings. The predicted molar refractivity (Wildman–Crippen MR) is 124 cm³/mol. The van der Waals surface area contributed by atoms with Gasteiger partial charge in [0.15, 0.2) is 11.5 Å². The fraction of sp³-hybridized carbons (Fsp3) is 0.500. The van der Waals surface area contributed by atoms with E-state index in [2.05, 4.69) is 22.3 Å². The van der Waals surface area contributed by atoms with Crippen molar-refractivity contribution in [2.45, 2.75) is 50.7 Å². The van der Waals surface area contributed by atoms with E-state index in [0.29, 0.717) is 37.7 Å². The third-order valence-electron chi connectivity index (χ3n) is 6.25. The zero-order valence-corrected chi connectivity index (χ0v) is 18.7. The molecule has 0 aromatic heterocycles. The maximum atomic E-state index is 12.7. The van der Waals surface area contributed by atoms with Crippen molar-refractivity contribution in [3.63, 3.8) is 0 Å². The lowest BCUT2D eigenvalue weighted by molar-refractivity contribution is -0.123. The molecule has 1 fully saturated rings. The third-order valence-corrected chi connectivity index (χ3v) is 6.25. The van der Waals surface area contributed by atoms with E-state index in [-0.39, 0.29) is 11.9 Å². The fourth-order valence-electron chi connectivity index (χ4n) is 4.48. The topological polar surface area (TPSA) is 71.0 Å². The number of fused-ring (bicyclic) bond motifs is 1. The summed E-state index contributed by atoms with van der Waals surface area (Å²) in [6.45, 7) is 3.70. The van der Waals surface area contributed by atoms with Crippen LogP contribution in [0.25, 0.3) is 0 Å². The highest BCUT2D eigenvalue weighted by Crippen LogP contribution is 2.33. The number of nitrogens with zero attached hydrogens (tertiary/aromatic N) is 1. The van der Waals surface area contributed by atoms with Gasteiger partial charge < -0.3 is 24.8 Å². The van der Waals surface area contributed by atoms with E-state index in [4.69, 9.17) is 9.47 Å². The van der Waals surface area contributed by atoms with Crippen molar-refractivity contribution < 1.29 is 19.4 Å². The molecule has 6 heteroatoms. The van der Waals surface area contributed by atoms with Crippen molar-refractivity contribution in [1.82, 2.24) is 10.2 Å². The second-order valence-electron chi connectivity index (χ2n) is 8.72. The van der Waals surface area contributed by atoms with Gasteiger partial charge in [-0.2, -0.15) is 0 Å². The molecule has 2 unspecified atom stereocenters. The molecule has 32 heavy (non-hydrogen) atoms. The Bertz CT molecular complexity index is 867. The molecule has 0 bridgehead atoms. The number of carbonyl (C=O) groups is 1. The summed E-state index contributed by atoms with van der Waals surface area (Å²) in [5, 5.41) is 14.3. The zero-order valence-electron chi connectivity index (χ0n) is 18.7. The van der Waals surface area contributed by atoms with E-state index < -0.39 is 6.10 Å². The van der Waals surface area contributed by atoms with Crippen LogP contribution in [0, 0.1) is 0 Å². The molecule has 6 nitrogen and oxygen atoms in total. The second kappa shape index (κ2) is 11.3. The highest BCUT2D eigenvalue weighted by atomic mass is 16.6. The quantitative estimate of drug-likeness (QED) is 0.556. The van der Waals surface area contributed by atoms with Crippen LogP contribution in [0.4, 0.5) is 0 Å². The number of amides is 1. The Labute approximate surface area is 190 Å². The van der Waals surface area contributed by atoms with Crippen LogP contribution in [-0.4, -0.2) is 54.8 Å². The third kappa shape index (κ3) is 6.24. The first-order valence-corrected chi connectivity index (χ1v) is 11.8. The van der Waals surface area contributed by atoms with Gasteiger partial charge in [0, 0.05) is 13.0 Å². The second-order valence-corrected chi connectivity index (χ2v) is 8.72. The summed E-state index contributed by atoms with van der Waals surface area (Å²) < 4.78 is 11.3. The number of rotatable bonds is 10. The van der Waals surface area contributed by atoms with E-state index >= 15 is 0 Å². The normalized spacial score (nSPS) is 17.7. The molecule has 2 atom stereocenters. The minimum absolute atomic E-state index is 0.00106. The number of benzene rings is 2.